The molecule has 104 valence electrons. The van der Waals surface area contributed by atoms with Crippen LogP contribution in [-0.4, -0.2) is 18.6 Å². The molecule has 0 saturated carbocycles. The van der Waals surface area contributed by atoms with E-state index in [9.17, 15) is 18.0 Å². The molecule has 1 rings (SSSR count). The quantitative estimate of drug-likeness (QED) is 0.590. The summed E-state index contributed by atoms with van der Waals surface area (Å²) in [5.41, 5.74) is -4.36. The number of halogens is 5. The van der Waals surface area contributed by atoms with Crippen LogP contribution in [0.1, 0.15) is 5.56 Å². The highest BCUT2D eigenvalue weighted by atomic mass is 35.5. The molecule has 0 atom stereocenters. The third-order valence-corrected chi connectivity index (χ3v) is 3.16. The summed E-state index contributed by atoms with van der Waals surface area (Å²) in [5, 5.41) is 0.474. The maximum atomic E-state index is 12.3. The van der Waals surface area contributed by atoms with Crippen molar-refractivity contribution < 1.29 is 22.7 Å². The first-order valence-corrected chi connectivity index (χ1v) is 6.31. The number of carbonyl (C=O) groups excluding carboxylic acids is 1. The molecule has 8 heteroatoms. The number of hydrogen-bond donors (Lipinski definition) is 0. The van der Waals surface area contributed by atoms with Crippen molar-refractivity contribution in [2.45, 2.75) is 5.51 Å². The molecular weight excluding hydrogens is 324 g/mol. The summed E-state index contributed by atoms with van der Waals surface area (Å²) in [6.07, 6.45) is 1.00. The average Bonchev–Trinajstić information content (AvgIpc) is 2.29. The summed E-state index contributed by atoms with van der Waals surface area (Å²) in [6, 6.07) is 4.22. The highest BCUT2D eigenvalue weighted by Gasteiger charge is 2.33. The fraction of sp³-hybridized carbons (Fsp3) is 0.182. The molecule has 0 bridgehead atoms. The molecule has 2 nitrogen and oxygen atoms in total. The molecule has 0 aliphatic carbocycles. The lowest BCUT2D eigenvalue weighted by Gasteiger charge is -2.08. The van der Waals surface area contributed by atoms with Gasteiger partial charge in [0.2, 0.25) is 0 Å². The van der Waals surface area contributed by atoms with Gasteiger partial charge >= 0.3 is 11.5 Å². The van der Waals surface area contributed by atoms with Crippen LogP contribution in [0.3, 0.4) is 0 Å². The van der Waals surface area contributed by atoms with Gasteiger partial charge in [-0.2, -0.15) is 13.2 Å². The number of alkyl halides is 3. The fourth-order valence-electron chi connectivity index (χ4n) is 1.12. The third-order valence-electron chi connectivity index (χ3n) is 1.86. The second-order valence-corrected chi connectivity index (χ2v) is 5.16. The number of benzene rings is 1. The average molecular weight is 331 g/mol. The van der Waals surface area contributed by atoms with E-state index in [1.165, 1.54) is 18.2 Å². The predicted molar refractivity (Wildman–Crippen MR) is 70.1 cm³/mol. The Balaban J connectivity index is 3.16. The van der Waals surface area contributed by atoms with E-state index >= 15 is 0 Å². The Morgan fingerprint density at radius 1 is 1.37 bits per heavy atom. The third kappa shape index (κ3) is 5.34. The number of thioether (sulfide) groups is 1. The topological polar surface area (TPSA) is 26.3 Å². The van der Waals surface area contributed by atoms with Crippen LogP contribution in [0.2, 0.25) is 10.0 Å². The molecule has 19 heavy (non-hydrogen) atoms. The van der Waals surface area contributed by atoms with Gasteiger partial charge in [-0.05, 0) is 35.5 Å². The summed E-state index contributed by atoms with van der Waals surface area (Å²) in [6.45, 7) is 0. The van der Waals surface area contributed by atoms with Crippen molar-refractivity contribution >= 4 is 47.0 Å². The second-order valence-electron chi connectivity index (χ2n) is 3.21. The molecule has 0 aliphatic heterocycles. The number of rotatable bonds is 3. The molecule has 0 radical (unpaired) electrons. The predicted octanol–water partition coefficient (Wildman–Crippen LogP) is 4.76. The zero-order valence-electron chi connectivity index (χ0n) is 9.42. The smallest absolute Gasteiger partial charge is 0.446 e. The molecule has 0 N–H and O–H groups in total. The van der Waals surface area contributed by atoms with Crippen molar-refractivity contribution in [2.24, 2.45) is 0 Å². The van der Waals surface area contributed by atoms with Crippen LogP contribution >= 0.6 is 35.0 Å². The number of esters is 1. The first-order chi connectivity index (χ1) is 8.73. The zero-order chi connectivity index (χ0) is 14.6. The number of carbonyl (C=O) groups is 1. The molecule has 0 spiro atoms. The van der Waals surface area contributed by atoms with E-state index in [4.69, 9.17) is 23.2 Å². The highest BCUT2D eigenvalue weighted by molar-refractivity contribution is 8.04. The zero-order valence-corrected chi connectivity index (χ0v) is 11.8. The summed E-state index contributed by atoms with van der Waals surface area (Å²) in [4.78, 5) is 10.7. The van der Waals surface area contributed by atoms with Crippen LogP contribution in [0.25, 0.3) is 6.08 Å². The number of methoxy groups -OCH3 is 1. The largest absolute Gasteiger partial charge is 0.465 e. The van der Waals surface area contributed by atoms with E-state index in [2.05, 4.69) is 4.74 Å². The molecule has 1 aromatic rings. The second kappa shape index (κ2) is 6.54. The Bertz CT molecular complexity index is 515. The van der Waals surface area contributed by atoms with Gasteiger partial charge in [0.15, 0.2) is 0 Å². The van der Waals surface area contributed by atoms with Gasteiger partial charge in [-0.25, -0.2) is 4.79 Å². The maximum Gasteiger partial charge on any atom is 0.446 e. The minimum atomic E-state index is -4.60. The molecule has 0 heterocycles. The van der Waals surface area contributed by atoms with Crippen molar-refractivity contribution in [3.05, 3.63) is 38.7 Å². The Morgan fingerprint density at radius 3 is 2.47 bits per heavy atom. The first-order valence-electron chi connectivity index (χ1n) is 4.74. The fourth-order valence-corrected chi connectivity index (χ4v) is 2.18. The van der Waals surface area contributed by atoms with E-state index in [-0.39, 0.29) is 10.6 Å². The minimum Gasteiger partial charge on any atom is -0.465 e. The summed E-state index contributed by atoms with van der Waals surface area (Å²) in [5.74, 6) is -1.09. The van der Waals surface area contributed by atoms with Crippen LogP contribution in [0.5, 0.6) is 0 Å². The van der Waals surface area contributed by atoms with E-state index in [0.29, 0.717) is 5.02 Å². The standard InChI is InChI=1S/C11H7Cl2F3O2S/c1-18-10(17)9(19-11(14,15)16)4-6-2-3-7(12)5-8(6)13/h2-5H,1H3/b9-4-. The lowest BCUT2D eigenvalue weighted by Crippen LogP contribution is -2.08. The number of ether oxygens (including phenoxy) is 1. The molecule has 0 aromatic heterocycles. The maximum absolute atomic E-state index is 12.3. The molecule has 1 aromatic carbocycles. The van der Waals surface area contributed by atoms with E-state index in [1.807, 2.05) is 0 Å². The molecule has 0 fully saturated rings. The molecule has 0 unspecified atom stereocenters. The van der Waals surface area contributed by atoms with Crippen molar-refractivity contribution in [1.82, 2.24) is 0 Å². The molecular formula is C11H7Cl2F3O2S. The van der Waals surface area contributed by atoms with Crippen molar-refractivity contribution in [3.8, 4) is 0 Å². The highest BCUT2D eigenvalue weighted by Crippen LogP contribution is 2.38. The monoisotopic (exact) mass is 330 g/mol. The van der Waals surface area contributed by atoms with Crippen molar-refractivity contribution in [1.29, 1.82) is 0 Å². The van der Waals surface area contributed by atoms with Gasteiger partial charge in [0.25, 0.3) is 0 Å². The molecule has 0 aliphatic rings. The van der Waals surface area contributed by atoms with Gasteiger partial charge < -0.3 is 4.74 Å². The lowest BCUT2D eigenvalue weighted by atomic mass is 10.2. The minimum absolute atomic E-state index is 0.136. The summed E-state index contributed by atoms with van der Waals surface area (Å²) in [7, 11) is 0.997. The van der Waals surface area contributed by atoms with E-state index < -0.39 is 28.1 Å². The Hall–Kier alpha value is -0.850. The molecule has 0 saturated heterocycles. The van der Waals surface area contributed by atoms with Crippen molar-refractivity contribution in [2.75, 3.05) is 7.11 Å². The van der Waals surface area contributed by atoms with Gasteiger partial charge in [-0.3, -0.25) is 0 Å². The van der Waals surface area contributed by atoms with Crippen LogP contribution < -0.4 is 0 Å². The van der Waals surface area contributed by atoms with Gasteiger partial charge in [0, 0.05) is 10.0 Å². The number of hydrogen-bond acceptors (Lipinski definition) is 3. The van der Waals surface area contributed by atoms with Gasteiger partial charge in [-0.1, -0.05) is 29.3 Å². The lowest BCUT2D eigenvalue weighted by molar-refractivity contribution is -0.135. The summed E-state index contributed by atoms with van der Waals surface area (Å²) < 4.78 is 41.3. The van der Waals surface area contributed by atoms with Gasteiger partial charge in [-0.15, -0.1) is 0 Å². The normalized spacial score (nSPS) is 12.4. The van der Waals surface area contributed by atoms with Crippen LogP contribution in [0, 0.1) is 0 Å². The van der Waals surface area contributed by atoms with Crippen LogP contribution in [0.15, 0.2) is 23.1 Å². The summed E-state index contributed by atoms with van der Waals surface area (Å²) >= 11 is 10.9. The Morgan fingerprint density at radius 2 is 2.00 bits per heavy atom. The Labute approximate surface area is 121 Å². The van der Waals surface area contributed by atoms with Crippen LogP contribution in [0.4, 0.5) is 13.2 Å². The first kappa shape index (κ1) is 16.2. The van der Waals surface area contributed by atoms with Gasteiger partial charge in [0.1, 0.15) is 4.91 Å². The van der Waals surface area contributed by atoms with E-state index in [0.717, 1.165) is 13.2 Å². The van der Waals surface area contributed by atoms with E-state index in [1.54, 1.807) is 0 Å². The van der Waals surface area contributed by atoms with Gasteiger partial charge in [0.05, 0.1) is 7.11 Å². The molecule has 0 amide bonds. The Kier molecular flexibility index (Phi) is 5.58. The van der Waals surface area contributed by atoms with Crippen molar-refractivity contribution in [3.63, 3.8) is 0 Å². The SMILES string of the molecule is COC(=O)/C(=C/c1ccc(Cl)cc1Cl)SC(F)(F)F. The van der Waals surface area contributed by atoms with Crippen LogP contribution in [-0.2, 0) is 9.53 Å².